The van der Waals surface area contributed by atoms with Crippen molar-refractivity contribution in [1.82, 2.24) is 15.1 Å². The lowest BCUT2D eigenvalue weighted by Gasteiger charge is -2.19. The van der Waals surface area contributed by atoms with E-state index in [9.17, 15) is 0 Å². The highest BCUT2D eigenvalue weighted by Gasteiger charge is 1.99. The highest BCUT2D eigenvalue weighted by Crippen LogP contribution is 1.95. The summed E-state index contributed by atoms with van der Waals surface area (Å²) in [7, 11) is 2.22. The minimum absolute atomic E-state index is 1.11. The quantitative estimate of drug-likeness (QED) is 0.529. The van der Waals surface area contributed by atoms with Crippen molar-refractivity contribution >= 4 is 0 Å². The number of hydrogen-bond donors (Lipinski definition) is 1. The molecule has 17 heavy (non-hydrogen) atoms. The molecule has 0 atom stereocenters. The molecule has 0 aliphatic carbocycles. The molecule has 0 heterocycles. The highest BCUT2D eigenvalue weighted by atomic mass is 15.1. The summed E-state index contributed by atoms with van der Waals surface area (Å²) in [5, 5.41) is 3.52. The van der Waals surface area contributed by atoms with Crippen LogP contribution in [-0.2, 0) is 0 Å². The lowest BCUT2D eigenvalue weighted by molar-refractivity contribution is 0.291. The predicted octanol–water partition coefficient (Wildman–Crippen LogP) is 2.04. The lowest BCUT2D eigenvalue weighted by atomic mass is 10.2. The van der Waals surface area contributed by atoms with Crippen molar-refractivity contribution in [2.24, 2.45) is 0 Å². The minimum Gasteiger partial charge on any atom is -0.314 e. The zero-order chi connectivity index (χ0) is 12.9. The van der Waals surface area contributed by atoms with Gasteiger partial charge in [0.05, 0.1) is 0 Å². The Hall–Kier alpha value is -0.120. The third-order valence-corrected chi connectivity index (χ3v) is 3.31. The summed E-state index contributed by atoms with van der Waals surface area (Å²) >= 11 is 0. The molecule has 0 aliphatic rings. The van der Waals surface area contributed by atoms with E-state index in [1.165, 1.54) is 38.9 Å². The van der Waals surface area contributed by atoms with E-state index in [1.54, 1.807) is 0 Å². The first-order valence-electron chi connectivity index (χ1n) is 7.36. The van der Waals surface area contributed by atoms with Crippen LogP contribution < -0.4 is 5.32 Å². The molecule has 0 bridgehead atoms. The van der Waals surface area contributed by atoms with E-state index in [1.807, 2.05) is 0 Å². The maximum Gasteiger partial charge on any atom is 0.0107 e. The van der Waals surface area contributed by atoms with Gasteiger partial charge in [0.2, 0.25) is 0 Å². The van der Waals surface area contributed by atoms with Crippen LogP contribution in [0.1, 0.15) is 40.0 Å². The van der Waals surface area contributed by atoms with Crippen LogP contribution in [0.3, 0.4) is 0 Å². The van der Waals surface area contributed by atoms with Crippen molar-refractivity contribution in [2.45, 2.75) is 40.0 Å². The normalized spacial score (nSPS) is 11.6. The first-order valence-corrected chi connectivity index (χ1v) is 7.36. The number of likely N-dealkylation sites (N-methyl/N-ethyl adjacent to an activating group) is 2. The fraction of sp³-hybridized carbons (Fsp3) is 1.00. The molecule has 0 aromatic rings. The molecule has 0 aromatic carbocycles. The summed E-state index contributed by atoms with van der Waals surface area (Å²) in [5.41, 5.74) is 0. The molecule has 0 saturated heterocycles. The summed E-state index contributed by atoms with van der Waals surface area (Å²) in [6.45, 7) is 14.9. The standard InChI is InChI=1S/C14H33N3/c1-5-8-9-12-16(4)13-10-15-11-14-17(6-2)7-3/h15H,5-14H2,1-4H3. The van der Waals surface area contributed by atoms with Gasteiger partial charge in [0.1, 0.15) is 0 Å². The second-order valence-corrected chi connectivity index (χ2v) is 4.79. The van der Waals surface area contributed by atoms with E-state index in [-0.39, 0.29) is 0 Å². The van der Waals surface area contributed by atoms with E-state index < -0.39 is 0 Å². The molecule has 0 saturated carbocycles. The fourth-order valence-electron chi connectivity index (χ4n) is 1.92. The largest absolute Gasteiger partial charge is 0.314 e. The van der Waals surface area contributed by atoms with Gasteiger partial charge in [0.25, 0.3) is 0 Å². The van der Waals surface area contributed by atoms with Gasteiger partial charge in [-0.1, -0.05) is 33.6 Å². The average molecular weight is 243 g/mol. The molecule has 0 amide bonds. The number of rotatable bonds is 12. The molecule has 0 aliphatic heterocycles. The van der Waals surface area contributed by atoms with Crippen molar-refractivity contribution in [1.29, 1.82) is 0 Å². The molecule has 0 unspecified atom stereocenters. The van der Waals surface area contributed by atoms with Crippen LogP contribution in [0.5, 0.6) is 0 Å². The molecule has 1 N–H and O–H groups in total. The Balaban J connectivity index is 3.26. The zero-order valence-corrected chi connectivity index (χ0v) is 12.5. The van der Waals surface area contributed by atoms with Crippen molar-refractivity contribution in [3.63, 3.8) is 0 Å². The second-order valence-electron chi connectivity index (χ2n) is 4.79. The third-order valence-electron chi connectivity index (χ3n) is 3.31. The van der Waals surface area contributed by atoms with Crippen LogP contribution in [0.15, 0.2) is 0 Å². The van der Waals surface area contributed by atoms with Gasteiger partial charge >= 0.3 is 0 Å². The smallest absolute Gasteiger partial charge is 0.0107 e. The molecule has 0 rings (SSSR count). The highest BCUT2D eigenvalue weighted by molar-refractivity contribution is 4.58. The van der Waals surface area contributed by atoms with E-state index >= 15 is 0 Å². The average Bonchev–Trinajstić information content (AvgIpc) is 2.34. The Morgan fingerprint density at radius 1 is 0.824 bits per heavy atom. The molecule has 104 valence electrons. The van der Waals surface area contributed by atoms with Gasteiger partial charge in [0.15, 0.2) is 0 Å². The van der Waals surface area contributed by atoms with Gasteiger partial charge < -0.3 is 15.1 Å². The van der Waals surface area contributed by atoms with Crippen LogP contribution in [-0.4, -0.2) is 62.7 Å². The monoisotopic (exact) mass is 243 g/mol. The number of hydrogen-bond acceptors (Lipinski definition) is 3. The molecule has 0 spiro atoms. The van der Waals surface area contributed by atoms with Crippen LogP contribution in [0, 0.1) is 0 Å². The van der Waals surface area contributed by atoms with Gasteiger partial charge in [-0.25, -0.2) is 0 Å². The van der Waals surface area contributed by atoms with E-state index in [2.05, 4.69) is 42.9 Å². The van der Waals surface area contributed by atoms with Crippen molar-refractivity contribution in [3.05, 3.63) is 0 Å². The summed E-state index contributed by atoms with van der Waals surface area (Å²) in [4.78, 5) is 4.89. The van der Waals surface area contributed by atoms with Gasteiger partial charge in [0, 0.05) is 26.2 Å². The van der Waals surface area contributed by atoms with Gasteiger partial charge in [-0.15, -0.1) is 0 Å². The molecular formula is C14H33N3. The molecule has 0 fully saturated rings. The summed E-state index contributed by atoms with van der Waals surface area (Å²) in [6, 6.07) is 0. The fourth-order valence-corrected chi connectivity index (χ4v) is 1.92. The first kappa shape index (κ1) is 16.9. The summed E-state index contributed by atoms with van der Waals surface area (Å²) < 4.78 is 0. The Labute approximate surface area is 109 Å². The molecular weight excluding hydrogens is 210 g/mol. The van der Waals surface area contributed by atoms with Crippen LogP contribution >= 0.6 is 0 Å². The maximum atomic E-state index is 3.52. The van der Waals surface area contributed by atoms with E-state index in [4.69, 9.17) is 0 Å². The Morgan fingerprint density at radius 3 is 2.06 bits per heavy atom. The lowest BCUT2D eigenvalue weighted by Crippen LogP contribution is -2.35. The number of nitrogens with one attached hydrogen (secondary N) is 1. The first-order chi connectivity index (χ1) is 8.24. The predicted molar refractivity (Wildman–Crippen MR) is 77.7 cm³/mol. The Morgan fingerprint density at radius 2 is 1.47 bits per heavy atom. The topological polar surface area (TPSA) is 18.5 Å². The van der Waals surface area contributed by atoms with Gasteiger partial charge in [-0.05, 0) is 33.1 Å². The maximum absolute atomic E-state index is 3.52. The number of unbranched alkanes of at least 4 members (excludes halogenated alkanes) is 2. The molecule has 0 radical (unpaired) electrons. The van der Waals surface area contributed by atoms with Crippen LogP contribution in [0.25, 0.3) is 0 Å². The molecule has 3 nitrogen and oxygen atoms in total. The van der Waals surface area contributed by atoms with Crippen molar-refractivity contribution in [2.75, 3.05) is 52.9 Å². The number of nitrogens with zero attached hydrogens (tertiary/aromatic N) is 2. The van der Waals surface area contributed by atoms with E-state index in [0.29, 0.717) is 0 Å². The van der Waals surface area contributed by atoms with Crippen LogP contribution in [0.4, 0.5) is 0 Å². The minimum atomic E-state index is 1.11. The Bertz CT molecular complexity index is 146. The van der Waals surface area contributed by atoms with Gasteiger partial charge in [-0.2, -0.15) is 0 Å². The Kier molecular flexibility index (Phi) is 12.3. The van der Waals surface area contributed by atoms with Crippen molar-refractivity contribution < 1.29 is 0 Å². The van der Waals surface area contributed by atoms with Crippen LogP contribution in [0.2, 0.25) is 0 Å². The zero-order valence-electron chi connectivity index (χ0n) is 12.5. The SMILES string of the molecule is CCCCCN(C)CCNCCN(CC)CC. The third kappa shape index (κ3) is 10.7. The summed E-state index contributed by atoms with van der Waals surface area (Å²) in [5.74, 6) is 0. The van der Waals surface area contributed by atoms with E-state index in [0.717, 1.165) is 26.2 Å². The van der Waals surface area contributed by atoms with Gasteiger partial charge in [-0.3, -0.25) is 0 Å². The summed E-state index contributed by atoms with van der Waals surface area (Å²) in [6.07, 6.45) is 4.02. The second kappa shape index (κ2) is 12.3. The van der Waals surface area contributed by atoms with Crippen molar-refractivity contribution in [3.8, 4) is 0 Å². The molecule has 3 heteroatoms. The molecule has 0 aromatic heterocycles.